The van der Waals surface area contributed by atoms with Crippen molar-refractivity contribution in [2.24, 2.45) is 0 Å². The number of amides is 1. The number of nitrogens with one attached hydrogen (secondary N) is 1. The summed E-state index contributed by atoms with van der Waals surface area (Å²) in [5.74, 6) is -0.111. The van der Waals surface area contributed by atoms with Gasteiger partial charge in [-0.25, -0.2) is 0 Å². The van der Waals surface area contributed by atoms with E-state index in [0.717, 1.165) is 5.56 Å². The molecule has 1 aromatic heterocycles. The maximum absolute atomic E-state index is 12.8. The first kappa shape index (κ1) is 17.4. The predicted molar refractivity (Wildman–Crippen MR) is 106 cm³/mol. The molecule has 0 radical (unpaired) electrons. The maximum Gasteiger partial charge on any atom is 0.277 e. The Morgan fingerprint density at radius 1 is 0.786 bits per heavy atom. The highest BCUT2D eigenvalue weighted by Crippen LogP contribution is 2.22. The van der Waals surface area contributed by atoms with Crippen molar-refractivity contribution in [3.63, 3.8) is 0 Å². The summed E-state index contributed by atoms with van der Waals surface area (Å²) in [6, 6.07) is 26.8. The van der Waals surface area contributed by atoms with Gasteiger partial charge in [-0.15, -0.1) is 0 Å². The first-order valence-corrected chi connectivity index (χ1v) is 8.74. The summed E-state index contributed by atoms with van der Waals surface area (Å²) in [6.07, 6.45) is 0. The zero-order valence-electron chi connectivity index (χ0n) is 14.8. The highest BCUT2D eigenvalue weighted by molar-refractivity contribution is 6.15. The molecular formula is C23H16N2O3. The van der Waals surface area contributed by atoms with Gasteiger partial charge in [0.25, 0.3) is 5.91 Å². The predicted octanol–water partition coefficient (Wildman–Crippen LogP) is 4.82. The Balaban J connectivity index is 1.58. The molecule has 0 aliphatic carbocycles. The topological polar surface area (TPSA) is 72.2 Å². The van der Waals surface area contributed by atoms with E-state index in [4.69, 9.17) is 4.52 Å². The number of aromatic nitrogens is 1. The third-order valence-electron chi connectivity index (χ3n) is 4.26. The lowest BCUT2D eigenvalue weighted by molar-refractivity contribution is 0.101. The van der Waals surface area contributed by atoms with Crippen molar-refractivity contribution < 1.29 is 14.1 Å². The number of nitrogens with zero attached hydrogens (tertiary/aromatic N) is 1. The molecule has 4 aromatic rings. The highest BCUT2D eigenvalue weighted by Gasteiger charge is 2.18. The second-order valence-electron chi connectivity index (χ2n) is 6.14. The molecule has 0 unspecified atom stereocenters. The summed E-state index contributed by atoms with van der Waals surface area (Å²) in [5.41, 5.74) is 2.35. The van der Waals surface area contributed by atoms with Gasteiger partial charge in [-0.3, -0.25) is 9.59 Å². The van der Waals surface area contributed by atoms with E-state index in [1.807, 2.05) is 36.4 Å². The van der Waals surface area contributed by atoms with Gasteiger partial charge in [-0.05, 0) is 12.1 Å². The number of ketones is 1. The molecule has 3 aromatic carbocycles. The number of carbonyl (C=O) groups is 2. The Bertz CT molecular complexity index is 1120. The molecule has 0 bridgehead atoms. The van der Waals surface area contributed by atoms with Gasteiger partial charge in [0.1, 0.15) is 0 Å². The van der Waals surface area contributed by atoms with Gasteiger partial charge in [0.2, 0.25) is 0 Å². The third kappa shape index (κ3) is 3.59. The molecule has 5 heteroatoms. The number of para-hydroxylation sites is 1. The van der Waals surface area contributed by atoms with Crippen molar-refractivity contribution >= 4 is 17.4 Å². The average Bonchev–Trinajstić information content (AvgIpc) is 3.25. The second-order valence-corrected chi connectivity index (χ2v) is 6.14. The Morgan fingerprint density at radius 2 is 1.43 bits per heavy atom. The van der Waals surface area contributed by atoms with Crippen LogP contribution in [0.2, 0.25) is 0 Å². The van der Waals surface area contributed by atoms with E-state index in [1.165, 1.54) is 0 Å². The molecule has 5 nitrogen and oxygen atoms in total. The van der Waals surface area contributed by atoms with Crippen LogP contribution >= 0.6 is 0 Å². The van der Waals surface area contributed by atoms with Crippen LogP contribution in [-0.2, 0) is 0 Å². The van der Waals surface area contributed by atoms with Crippen molar-refractivity contribution in [2.45, 2.75) is 0 Å². The summed E-state index contributed by atoms with van der Waals surface area (Å²) in [4.78, 5) is 25.4. The molecule has 4 rings (SSSR count). The SMILES string of the molecule is O=C(Nc1ccccc1C(=O)c1ccccc1)c1cc(-c2ccccc2)on1. The number of anilines is 1. The number of hydrogen-bond donors (Lipinski definition) is 1. The zero-order chi connectivity index (χ0) is 19.3. The molecule has 1 amide bonds. The third-order valence-corrected chi connectivity index (χ3v) is 4.26. The normalized spacial score (nSPS) is 10.4. The van der Waals surface area contributed by atoms with E-state index in [2.05, 4.69) is 10.5 Å². The lowest BCUT2D eigenvalue weighted by atomic mass is 10.0. The number of rotatable bonds is 5. The van der Waals surface area contributed by atoms with E-state index in [0.29, 0.717) is 22.6 Å². The molecule has 0 spiro atoms. The lowest BCUT2D eigenvalue weighted by Gasteiger charge is -2.09. The summed E-state index contributed by atoms with van der Waals surface area (Å²) < 4.78 is 5.28. The standard InChI is InChI=1S/C23H16N2O3/c26-22(17-11-5-2-6-12-17)18-13-7-8-14-19(18)24-23(27)20-15-21(28-25-20)16-9-3-1-4-10-16/h1-15H,(H,24,27). The summed E-state index contributed by atoms with van der Waals surface area (Å²) >= 11 is 0. The van der Waals surface area contributed by atoms with Crippen molar-refractivity contribution in [1.29, 1.82) is 0 Å². The van der Waals surface area contributed by atoms with E-state index in [-0.39, 0.29) is 11.5 Å². The lowest BCUT2D eigenvalue weighted by Crippen LogP contribution is -2.15. The fourth-order valence-electron chi connectivity index (χ4n) is 2.84. The molecule has 0 saturated carbocycles. The van der Waals surface area contributed by atoms with Gasteiger partial charge in [0.15, 0.2) is 17.2 Å². The molecule has 1 heterocycles. The van der Waals surface area contributed by atoms with Gasteiger partial charge >= 0.3 is 0 Å². The van der Waals surface area contributed by atoms with Crippen LogP contribution in [0.25, 0.3) is 11.3 Å². The largest absolute Gasteiger partial charge is 0.355 e. The molecule has 0 atom stereocenters. The highest BCUT2D eigenvalue weighted by atomic mass is 16.5. The van der Waals surface area contributed by atoms with Gasteiger partial charge in [0, 0.05) is 22.8 Å². The van der Waals surface area contributed by atoms with Crippen LogP contribution < -0.4 is 5.32 Å². The second kappa shape index (κ2) is 7.72. The minimum absolute atomic E-state index is 0.140. The Labute approximate surface area is 161 Å². The minimum Gasteiger partial charge on any atom is -0.355 e. The van der Waals surface area contributed by atoms with E-state index in [1.54, 1.807) is 54.6 Å². The average molecular weight is 368 g/mol. The van der Waals surface area contributed by atoms with Gasteiger partial charge in [0.05, 0.1) is 5.69 Å². The van der Waals surface area contributed by atoms with Gasteiger partial charge < -0.3 is 9.84 Å². The fraction of sp³-hybridized carbons (Fsp3) is 0. The van der Waals surface area contributed by atoms with Crippen molar-refractivity contribution in [1.82, 2.24) is 5.16 Å². The first-order chi connectivity index (χ1) is 13.7. The molecule has 0 saturated heterocycles. The summed E-state index contributed by atoms with van der Waals surface area (Å²) in [7, 11) is 0. The van der Waals surface area contributed by atoms with Crippen LogP contribution in [0, 0.1) is 0 Å². The Hall–Kier alpha value is -3.99. The van der Waals surface area contributed by atoms with E-state index in [9.17, 15) is 9.59 Å². The molecule has 0 aliphatic heterocycles. The van der Waals surface area contributed by atoms with Gasteiger partial charge in [-0.1, -0.05) is 78.0 Å². The van der Waals surface area contributed by atoms with Crippen LogP contribution in [0.15, 0.2) is 95.5 Å². The van der Waals surface area contributed by atoms with Crippen LogP contribution in [0.4, 0.5) is 5.69 Å². The van der Waals surface area contributed by atoms with Crippen molar-refractivity contribution in [3.8, 4) is 11.3 Å². The van der Waals surface area contributed by atoms with E-state index >= 15 is 0 Å². The monoisotopic (exact) mass is 368 g/mol. The molecule has 1 N–H and O–H groups in total. The fourth-order valence-corrected chi connectivity index (χ4v) is 2.84. The van der Waals surface area contributed by atoms with Crippen LogP contribution in [0.3, 0.4) is 0 Å². The molecule has 0 aliphatic rings. The molecule has 136 valence electrons. The number of carbonyl (C=O) groups excluding carboxylic acids is 2. The number of hydrogen-bond acceptors (Lipinski definition) is 4. The van der Waals surface area contributed by atoms with Crippen LogP contribution in [0.1, 0.15) is 26.4 Å². The van der Waals surface area contributed by atoms with E-state index < -0.39 is 5.91 Å². The Morgan fingerprint density at radius 3 is 2.18 bits per heavy atom. The maximum atomic E-state index is 12.8. The Kier molecular flexibility index (Phi) is 4.80. The minimum atomic E-state index is -0.445. The summed E-state index contributed by atoms with van der Waals surface area (Å²) in [5, 5.41) is 6.61. The zero-order valence-corrected chi connectivity index (χ0v) is 14.8. The van der Waals surface area contributed by atoms with Gasteiger partial charge in [-0.2, -0.15) is 0 Å². The first-order valence-electron chi connectivity index (χ1n) is 8.74. The van der Waals surface area contributed by atoms with Crippen LogP contribution in [-0.4, -0.2) is 16.8 Å². The summed E-state index contributed by atoms with van der Waals surface area (Å²) in [6.45, 7) is 0. The molecule has 28 heavy (non-hydrogen) atoms. The molecule has 0 fully saturated rings. The smallest absolute Gasteiger partial charge is 0.277 e. The number of benzene rings is 3. The van der Waals surface area contributed by atoms with Crippen LogP contribution in [0.5, 0.6) is 0 Å². The quantitative estimate of drug-likeness (QED) is 0.512. The van der Waals surface area contributed by atoms with Crippen molar-refractivity contribution in [2.75, 3.05) is 5.32 Å². The van der Waals surface area contributed by atoms with Crippen molar-refractivity contribution in [3.05, 3.63) is 108 Å². The molecular weight excluding hydrogens is 352 g/mol.